The molecule has 1 N–H and O–H groups in total. The molecule has 24 heavy (non-hydrogen) atoms. The summed E-state index contributed by atoms with van der Waals surface area (Å²) >= 11 is 0. The molecule has 0 bridgehead atoms. The number of nitro benzene ring substituents is 1. The lowest BCUT2D eigenvalue weighted by Gasteiger charge is -2.25. The van der Waals surface area contributed by atoms with Gasteiger partial charge < -0.3 is 15.1 Å². The van der Waals surface area contributed by atoms with E-state index in [0.29, 0.717) is 11.8 Å². The minimum atomic E-state index is -0.372. The van der Waals surface area contributed by atoms with Crippen molar-refractivity contribution in [2.24, 2.45) is 11.8 Å². The number of amides is 1. The molecule has 3 saturated heterocycles. The van der Waals surface area contributed by atoms with Crippen molar-refractivity contribution in [2.45, 2.75) is 18.9 Å². The number of carbonyl (C=O) groups is 1. The van der Waals surface area contributed by atoms with Crippen LogP contribution in [0.25, 0.3) is 0 Å². The van der Waals surface area contributed by atoms with Crippen LogP contribution < -0.4 is 10.2 Å². The van der Waals surface area contributed by atoms with E-state index in [1.165, 1.54) is 0 Å². The molecule has 3 heterocycles. The van der Waals surface area contributed by atoms with Gasteiger partial charge in [0, 0.05) is 55.8 Å². The molecule has 1 amide bonds. The van der Waals surface area contributed by atoms with Crippen LogP contribution in [-0.2, 0) is 4.79 Å². The van der Waals surface area contributed by atoms with Crippen LogP contribution in [0.1, 0.15) is 12.8 Å². The zero-order valence-electron chi connectivity index (χ0n) is 13.6. The van der Waals surface area contributed by atoms with E-state index in [9.17, 15) is 14.9 Å². The largest absolute Gasteiger partial charge is 0.371 e. The van der Waals surface area contributed by atoms with E-state index in [4.69, 9.17) is 0 Å². The van der Waals surface area contributed by atoms with Gasteiger partial charge in [0.25, 0.3) is 5.69 Å². The topological polar surface area (TPSA) is 78.7 Å². The van der Waals surface area contributed by atoms with Gasteiger partial charge in [-0.2, -0.15) is 0 Å². The Morgan fingerprint density at radius 2 is 1.79 bits per heavy atom. The highest BCUT2D eigenvalue weighted by Crippen LogP contribution is 2.35. The molecular weight excluding hydrogens is 308 g/mol. The van der Waals surface area contributed by atoms with Crippen LogP contribution in [-0.4, -0.2) is 54.5 Å². The number of nitrogens with zero attached hydrogens (tertiary/aromatic N) is 3. The second-order valence-electron chi connectivity index (χ2n) is 7.09. The van der Waals surface area contributed by atoms with Gasteiger partial charge in [-0.1, -0.05) is 0 Å². The van der Waals surface area contributed by atoms with Gasteiger partial charge >= 0.3 is 0 Å². The van der Waals surface area contributed by atoms with Gasteiger partial charge in [-0.05, 0) is 31.5 Å². The summed E-state index contributed by atoms with van der Waals surface area (Å²) in [5.74, 6) is 1.28. The SMILES string of the molecule is O=C([C@@H]1CCCN1)N1CC2CN(c3ccc([N+](=O)[O-])cc3)CC2C1. The maximum absolute atomic E-state index is 12.5. The molecule has 4 rings (SSSR count). The molecule has 3 aliphatic heterocycles. The Morgan fingerprint density at radius 1 is 1.12 bits per heavy atom. The summed E-state index contributed by atoms with van der Waals surface area (Å²) in [7, 11) is 0. The average Bonchev–Trinajstić information content (AvgIpc) is 3.30. The highest BCUT2D eigenvalue weighted by molar-refractivity contribution is 5.82. The molecule has 3 fully saturated rings. The Labute approximate surface area is 140 Å². The molecule has 128 valence electrons. The Balaban J connectivity index is 1.37. The number of carbonyl (C=O) groups excluding carboxylic acids is 1. The number of nitrogens with one attached hydrogen (secondary N) is 1. The lowest BCUT2D eigenvalue weighted by Crippen LogP contribution is -2.43. The summed E-state index contributed by atoms with van der Waals surface area (Å²) in [4.78, 5) is 27.2. The van der Waals surface area contributed by atoms with Crippen molar-refractivity contribution in [1.29, 1.82) is 0 Å². The number of fused-ring (bicyclic) bond motifs is 1. The molecule has 0 radical (unpaired) electrons. The van der Waals surface area contributed by atoms with Crippen LogP contribution in [0, 0.1) is 22.0 Å². The Hall–Kier alpha value is -2.15. The van der Waals surface area contributed by atoms with Crippen LogP contribution in [0.4, 0.5) is 11.4 Å². The van der Waals surface area contributed by atoms with Crippen molar-refractivity contribution in [3.8, 4) is 0 Å². The second-order valence-corrected chi connectivity index (χ2v) is 7.09. The van der Waals surface area contributed by atoms with Gasteiger partial charge in [-0.15, -0.1) is 0 Å². The Kier molecular flexibility index (Phi) is 3.88. The number of non-ortho nitro benzene ring substituents is 1. The molecule has 0 aliphatic carbocycles. The summed E-state index contributed by atoms with van der Waals surface area (Å²) in [5.41, 5.74) is 1.16. The number of anilines is 1. The van der Waals surface area contributed by atoms with Gasteiger partial charge in [0.2, 0.25) is 5.91 Å². The zero-order chi connectivity index (χ0) is 16.7. The zero-order valence-corrected chi connectivity index (χ0v) is 13.6. The van der Waals surface area contributed by atoms with E-state index >= 15 is 0 Å². The quantitative estimate of drug-likeness (QED) is 0.666. The first kappa shape index (κ1) is 15.4. The van der Waals surface area contributed by atoms with Crippen molar-refractivity contribution in [1.82, 2.24) is 10.2 Å². The minimum absolute atomic E-state index is 0.0228. The minimum Gasteiger partial charge on any atom is -0.371 e. The Morgan fingerprint density at radius 3 is 2.33 bits per heavy atom. The molecule has 1 aromatic rings. The van der Waals surface area contributed by atoms with E-state index in [1.54, 1.807) is 12.1 Å². The van der Waals surface area contributed by atoms with Crippen molar-refractivity contribution in [3.63, 3.8) is 0 Å². The van der Waals surface area contributed by atoms with Crippen molar-refractivity contribution < 1.29 is 9.72 Å². The third-order valence-corrected chi connectivity index (χ3v) is 5.58. The van der Waals surface area contributed by atoms with E-state index in [2.05, 4.69) is 10.2 Å². The molecular formula is C17H22N4O3. The smallest absolute Gasteiger partial charge is 0.269 e. The first-order valence-corrected chi connectivity index (χ1v) is 8.63. The molecule has 3 aliphatic rings. The van der Waals surface area contributed by atoms with Crippen molar-refractivity contribution >= 4 is 17.3 Å². The predicted octanol–water partition coefficient (Wildman–Crippen LogP) is 1.24. The van der Waals surface area contributed by atoms with E-state index in [-0.39, 0.29) is 22.6 Å². The van der Waals surface area contributed by atoms with Crippen molar-refractivity contribution in [3.05, 3.63) is 34.4 Å². The van der Waals surface area contributed by atoms with Gasteiger partial charge in [-0.25, -0.2) is 0 Å². The highest BCUT2D eigenvalue weighted by Gasteiger charge is 2.43. The molecule has 2 unspecified atom stereocenters. The fraction of sp³-hybridized carbons (Fsp3) is 0.588. The van der Waals surface area contributed by atoms with Crippen molar-refractivity contribution in [2.75, 3.05) is 37.6 Å². The number of hydrogen-bond donors (Lipinski definition) is 1. The van der Waals surface area contributed by atoms with Crippen LogP contribution in [0.2, 0.25) is 0 Å². The predicted molar refractivity (Wildman–Crippen MR) is 89.9 cm³/mol. The van der Waals surface area contributed by atoms with Crippen LogP contribution in [0.15, 0.2) is 24.3 Å². The summed E-state index contributed by atoms with van der Waals surface area (Å²) < 4.78 is 0. The summed E-state index contributed by atoms with van der Waals surface area (Å²) in [6.07, 6.45) is 2.05. The lowest BCUT2D eigenvalue weighted by atomic mass is 10.0. The van der Waals surface area contributed by atoms with Crippen LogP contribution in [0.3, 0.4) is 0 Å². The number of rotatable bonds is 3. The lowest BCUT2D eigenvalue weighted by molar-refractivity contribution is -0.384. The standard InChI is InChI=1S/C17H22N4O3/c22-17(16-2-1-7-18-16)20-10-12-8-19(9-13(12)11-20)14-3-5-15(6-4-14)21(23)24/h3-6,12-13,16,18H,1-2,7-11H2/t12?,13?,16-/m0/s1. The molecule has 7 nitrogen and oxygen atoms in total. The maximum atomic E-state index is 12.5. The van der Waals surface area contributed by atoms with Crippen LogP contribution >= 0.6 is 0 Å². The number of nitro groups is 1. The van der Waals surface area contributed by atoms with E-state index < -0.39 is 0 Å². The summed E-state index contributed by atoms with van der Waals surface area (Å²) in [6.45, 7) is 4.47. The summed E-state index contributed by atoms with van der Waals surface area (Å²) in [6, 6.07) is 6.79. The molecule has 0 aromatic heterocycles. The maximum Gasteiger partial charge on any atom is 0.269 e. The third kappa shape index (κ3) is 2.73. The molecule has 0 spiro atoms. The molecule has 1 aromatic carbocycles. The average molecular weight is 330 g/mol. The van der Waals surface area contributed by atoms with Crippen LogP contribution in [0.5, 0.6) is 0 Å². The van der Waals surface area contributed by atoms with E-state index in [1.807, 2.05) is 17.0 Å². The second kappa shape index (κ2) is 6.05. The number of likely N-dealkylation sites (tertiary alicyclic amines) is 1. The van der Waals surface area contributed by atoms with Gasteiger partial charge in [0.1, 0.15) is 0 Å². The fourth-order valence-electron chi connectivity index (χ4n) is 4.28. The monoisotopic (exact) mass is 330 g/mol. The van der Waals surface area contributed by atoms with E-state index in [0.717, 1.165) is 51.3 Å². The molecule has 3 atom stereocenters. The third-order valence-electron chi connectivity index (χ3n) is 5.58. The summed E-state index contributed by atoms with van der Waals surface area (Å²) in [5, 5.41) is 14.0. The van der Waals surface area contributed by atoms with Gasteiger partial charge in [0.05, 0.1) is 11.0 Å². The highest BCUT2D eigenvalue weighted by atomic mass is 16.6. The normalized spacial score (nSPS) is 29.1. The van der Waals surface area contributed by atoms with Gasteiger partial charge in [0.15, 0.2) is 0 Å². The first-order valence-electron chi connectivity index (χ1n) is 8.63. The number of benzene rings is 1. The molecule has 0 saturated carbocycles. The number of hydrogen-bond acceptors (Lipinski definition) is 5. The first-order chi connectivity index (χ1) is 11.6. The molecule has 7 heteroatoms. The Bertz CT molecular complexity index is 628. The fourth-order valence-corrected chi connectivity index (χ4v) is 4.28. The van der Waals surface area contributed by atoms with Gasteiger partial charge in [-0.3, -0.25) is 14.9 Å².